The summed E-state index contributed by atoms with van der Waals surface area (Å²) in [6, 6.07) is 15.9. The molecule has 0 aliphatic heterocycles. The summed E-state index contributed by atoms with van der Waals surface area (Å²) in [5, 5.41) is 0.984. The first-order valence-electron chi connectivity index (χ1n) is 6.47. The minimum Gasteiger partial charge on any atom is -0.491 e. The molecule has 0 bridgehead atoms. The van der Waals surface area contributed by atoms with Crippen LogP contribution in [0.3, 0.4) is 0 Å². The van der Waals surface area contributed by atoms with Crippen LogP contribution in [0, 0.1) is 6.92 Å². The van der Waals surface area contributed by atoms with Crippen LogP contribution in [-0.4, -0.2) is 12.1 Å². The van der Waals surface area contributed by atoms with E-state index >= 15 is 0 Å². The Morgan fingerprint density at radius 3 is 2.50 bits per heavy atom. The van der Waals surface area contributed by atoms with Crippen LogP contribution in [0.1, 0.15) is 5.56 Å². The highest BCUT2D eigenvalue weighted by Crippen LogP contribution is 2.33. The number of pyridine rings is 1. The second kappa shape index (κ2) is 4.85. The Bertz CT molecular complexity index is 820. The standard InChI is InChI=1S/C17H15NO2/c1-11-8-9-13-14(10-11)18-17(19)16(20-2)15(13)12-6-4-3-5-7-12/h3-10H,1-2H3,(H,18,19). The van der Waals surface area contributed by atoms with Gasteiger partial charge in [0.1, 0.15) is 0 Å². The van der Waals surface area contributed by atoms with Gasteiger partial charge in [-0.15, -0.1) is 0 Å². The monoisotopic (exact) mass is 265 g/mol. The first-order chi connectivity index (χ1) is 9.70. The predicted molar refractivity (Wildman–Crippen MR) is 81.3 cm³/mol. The smallest absolute Gasteiger partial charge is 0.291 e. The van der Waals surface area contributed by atoms with Crippen LogP contribution in [0.2, 0.25) is 0 Å². The highest BCUT2D eigenvalue weighted by Gasteiger charge is 2.14. The van der Waals surface area contributed by atoms with E-state index in [1.54, 1.807) is 0 Å². The molecular weight excluding hydrogens is 250 g/mol. The van der Waals surface area contributed by atoms with E-state index in [4.69, 9.17) is 4.74 Å². The third kappa shape index (κ3) is 1.97. The molecule has 2 aromatic carbocycles. The van der Waals surface area contributed by atoms with Gasteiger partial charge in [0.25, 0.3) is 5.56 Å². The lowest BCUT2D eigenvalue weighted by Gasteiger charge is -2.12. The van der Waals surface area contributed by atoms with E-state index in [0.717, 1.165) is 27.6 Å². The number of rotatable bonds is 2. The molecule has 3 aromatic rings. The number of H-pyrrole nitrogens is 1. The highest BCUT2D eigenvalue weighted by atomic mass is 16.5. The molecule has 0 spiro atoms. The first kappa shape index (κ1) is 12.5. The van der Waals surface area contributed by atoms with Crippen molar-refractivity contribution in [2.24, 2.45) is 0 Å². The van der Waals surface area contributed by atoms with E-state index < -0.39 is 0 Å². The van der Waals surface area contributed by atoms with Crippen molar-refractivity contribution in [2.45, 2.75) is 6.92 Å². The third-order valence-corrected chi connectivity index (χ3v) is 3.39. The van der Waals surface area contributed by atoms with Crippen LogP contribution < -0.4 is 10.3 Å². The summed E-state index contributed by atoms with van der Waals surface area (Å²) in [5.74, 6) is 0.354. The molecule has 20 heavy (non-hydrogen) atoms. The molecule has 1 aromatic heterocycles. The first-order valence-corrected chi connectivity index (χ1v) is 6.47. The summed E-state index contributed by atoms with van der Waals surface area (Å²) in [7, 11) is 1.52. The van der Waals surface area contributed by atoms with Gasteiger partial charge >= 0.3 is 0 Å². The van der Waals surface area contributed by atoms with Gasteiger partial charge in [0.05, 0.1) is 7.11 Å². The van der Waals surface area contributed by atoms with E-state index in [1.807, 2.05) is 55.5 Å². The maximum Gasteiger partial charge on any atom is 0.291 e. The number of aromatic nitrogens is 1. The normalized spacial score (nSPS) is 10.7. The zero-order valence-corrected chi connectivity index (χ0v) is 11.4. The summed E-state index contributed by atoms with van der Waals surface area (Å²) in [6.07, 6.45) is 0. The number of fused-ring (bicyclic) bond motifs is 1. The molecule has 0 saturated heterocycles. The Hall–Kier alpha value is -2.55. The topological polar surface area (TPSA) is 42.1 Å². The van der Waals surface area contributed by atoms with Crippen LogP contribution in [0.4, 0.5) is 0 Å². The number of hydrogen-bond donors (Lipinski definition) is 1. The Morgan fingerprint density at radius 2 is 1.80 bits per heavy atom. The maximum absolute atomic E-state index is 12.2. The number of nitrogens with one attached hydrogen (secondary N) is 1. The van der Waals surface area contributed by atoms with Crippen molar-refractivity contribution in [1.29, 1.82) is 0 Å². The number of aryl methyl sites for hydroxylation is 1. The van der Waals surface area contributed by atoms with Crippen molar-refractivity contribution in [2.75, 3.05) is 7.11 Å². The Kier molecular flexibility index (Phi) is 3.03. The summed E-state index contributed by atoms with van der Waals surface area (Å²) in [6.45, 7) is 2.00. The highest BCUT2D eigenvalue weighted by molar-refractivity contribution is 5.97. The summed E-state index contributed by atoms with van der Waals surface area (Å²) < 4.78 is 5.33. The van der Waals surface area contributed by atoms with Crippen molar-refractivity contribution < 1.29 is 4.74 Å². The lowest BCUT2D eigenvalue weighted by Crippen LogP contribution is -2.11. The summed E-state index contributed by atoms with van der Waals surface area (Å²) >= 11 is 0. The fraction of sp³-hybridized carbons (Fsp3) is 0.118. The zero-order valence-electron chi connectivity index (χ0n) is 11.4. The van der Waals surface area contributed by atoms with Gasteiger partial charge in [0.2, 0.25) is 0 Å². The molecule has 1 heterocycles. The molecule has 0 aliphatic carbocycles. The van der Waals surface area contributed by atoms with Crippen LogP contribution in [-0.2, 0) is 0 Å². The van der Waals surface area contributed by atoms with E-state index in [9.17, 15) is 4.79 Å². The van der Waals surface area contributed by atoms with E-state index in [2.05, 4.69) is 4.98 Å². The van der Waals surface area contributed by atoms with Gasteiger partial charge in [-0.25, -0.2) is 0 Å². The van der Waals surface area contributed by atoms with Crippen molar-refractivity contribution >= 4 is 10.9 Å². The number of hydrogen-bond acceptors (Lipinski definition) is 2. The number of aromatic amines is 1. The van der Waals surface area contributed by atoms with E-state index in [-0.39, 0.29) is 5.56 Å². The Balaban J connectivity index is 2.46. The Labute approximate surface area is 116 Å². The second-order valence-corrected chi connectivity index (χ2v) is 4.78. The van der Waals surface area contributed by atoms with Gasteiger partial charge < -0.3 is 9.72 Å². The van der Waals surface area contributed by atoms with E-state index in [1.165, 1.54) is 7.11 Å². The van der Waals surface area contributed by atoms with Gasteiger partial charge in [-0.05, 0) is 24.1 Å². The molecule has 3 nitrogen and oxygen atoms in total. The van der Waals surface area contributed by atoms with Crippen LogP contribution in [0.5, 0.6) is 5.75 Å². The molecule has 0 fully saturated rings. The fourth-order valence-corrected chi connectivity index (χ4v) is 2.48. The Morgan fingerprint density at radius 1 is 1.05 bits per heavy atom. The fourth-order valence-electron chi connectivity index (χ4n) is 2.48. The minimum absolute atomic E-state index is 0.204. The van der Waals surface area contributed by atoms with Gasteiger partial charge in [-0.2, -0.15) is 0 Å². The molecule has 0 aliphatic rings. The van der Waals surface area contributed by atoms with Gasteiger partial charge in [-0.3, -0.25) is 4.79 Å². The minimum atomic E-state index is -0.204. The summed E-state index contributed by atoms with van der Waals surface area (Å²) in [5.41, 5.74) is 3.55. The molecule has 0 atom stereocenters. The molecule has 3 heteroatoms. The molecule has 100 valence electrons. The van der Waals surface area contributed by atoms with Crippen molar-refractivity contribution in [3.05, 3.63) is 64.4 Å². The molecule has 1 N–H and O–H groups in total. The van der Waals surface area contributed by atoms with Crippen molar-refractivity contribution in [3.63, 3.8) is 0 Å². The zero-order chi connectivity index (χ0) is 14.1. The molecule has 0 saturated carbocycles. The number of benzene rings is 2. The SMILES string of the molecule is COc1c(-c2ccccc2)c2ccc(C)cc2[nH]c1=O. The van der Waals surface area contributed by atoms with Crippen LogP contribution >= 0.6 is 0 Å². The van der Waals surface area contributed by atoms with Crippen molar-refractivity contribution in [3.8, 4) is 16.9 Å². The lowest BCUT2D eigenvalue weighted by molar-refractivity contribution is 0.411. The van der Waals surface area contributed by atoms with Gasteiger partial charge in [0, 0.05) is 16.5 Å². The average Bonchev–Trinajstić information content (AvgIpc) is 2.46. The predicted octanol–water partition coefficient (Wildman–Crippen LogP) is 3.51. The average molecular weight is 265 g/mol. The molecule has 0 radical (unpaired) electrons. The molecule has 3 rings (SSSR count). The molecule has 0 unspecified atom stereocenters. The van der Waals surface area contributed by atoms with E-state index in [0.29, 0.717) is 5.75 Å². The third-order valence-electron chi connectivity index (χ3n) is 3.39. The van der Waals surface area contributed by atoms with Crippen molar-refractivity contribution in [1.82, 2.24) is 4.98 Å². The van der Waals surface area contributed by atoms with Gasteiger partial charge in [0.15, 0.2) is 5.75 Å². The lowest BCUT2D eigenvalue weighted by atomic mass is 9.99. The van der Waals surface area contributed by atoms with Crippen LogP contribution in [0.25, 0.3) is 22.0 Å². The summed E-state index contributed by atoms with van der Waals surface area (Å²) in [4.78, 5) is 15.1. The molecular formula is C17H15NO2. The number of ether oxygens (including phenoxy) is 1. The van der Waals surface area contributed by atoms with Gasteiger partial charge in [-0.1, -0.05) is 42.5 Å². The second-order valence-electron chi connectivity index (χ2n) is 4.78. The quantitative estimate of drug-likeness (QED) is 0.770. The van der Waals surface area contributed by atoms with Crippen LogP contribution in [0.15, 0.2) is 53.3 Å². The maximum atomic E-state index is 12.2. The largest absolute Gasteiger partial charge is 0.491 e. The number of methoxy groups -OCH3 is 1. The molecule has 0 amide bonds.